The number of piperidine rings is 1. The van der Waals surface area contributed by atoms with Crippen molar-refractivity contribution in [1.29, 1.82) is 0 Å². The number of hydrogen-bond acceptors (Lipinski definition) is 3. The molecule has 1 aliphatic heterocycles. The van der Waals surface area contributed by atoms with E-state index >= 15 is 0 Å². The van der Waals surface area contributed by atoms with Gasteiger partial charge in [-0.25, -0.2) is 0 Å². The third kappa shape index (κ3) is 5.28. The highest BCUT2D eigenvalue weighted by Gasteiger charge is 2.13. The molecule has 0 bridgehead atoms. The Labute approximate surface area is 101 Å². The minimum Gasteiger partial charge on any atom is -0.363 e. The van der Waals surface area contributed by atoms with Crippen LogP contribution >= 0.6 is 0 Å². The molecule has 1 aliphatic rings. The Balaban J connectivity index is 2.01. The summed E-state index contributed by atoms with van der Waals surface area (Å²) in [6.45, 7) is 5.51. The smallest absolute Gasteiger partial charge is 0.109 e. The summed E-state index contributed by atoms with van der Waals surface area (Å²) in [5.41, 5.74) is 0. The topological polar surface area (TPSA) is 24.5 Å². The first-order chi connectivity index (χ1) is 7.74. The van der Waals surface area contributed by atoms with E-state index in [1.54, 1.807) is 0 Å². The molecule has 1 saturated heterocycles. The van der Waals surface area contributed by atoms with Crippen LogP contribution < -0.4 is 5.32 Å². The maximum atomic E-state index is 5.85. The third-order valence-electron chi connectivity index (χ3n) is 3.39. The fourth-order valence-electron chi connectivity index (χ4n) is 2.39. The largest absolute Gasteiger partial charge is 0.363 e. The second-order valence-corrected chi connectivity index (χ2v) is 5.05. The zero-order valence-corrected chi connectivity index (χ0v) is 11.2. The molecule has 3 nitrogen and oxygen atoms in total. The number of nitrogens with one attached hydrogen (secondary N) is 1. The molecule has 1 heterocycles. The van der Waals surface area contributed by atoms with Crippen molar-refractivity contribution < 1.29 is 4.74 Å². The van der Waals surface area contributed by atoms with Crippen LogP contribution in [0.4, 0.5) is 0 Å². The van der Waals surface area contributed by atoms with E-state index in [1.807, 2.05) is 0 Å². The second-order valence-electron chi connectivity index (χ2n) is 5.05. The molecule has 0 saturated carbocycles. The van der Waals surface area contributed by atoms with E-state index in [2.05, 4.69) is 31.2 Å². The van der Waals surface area contributed by atoms with Gasteiger partial charge in [0.15, 0.2) is 0 Å². The molecule has 1 fully saturated rings. The van der Waals surface area contributed by atoms with Gasteiger partial charge in [-0.05, 0) is 65.2 Å². The molecule has 0 spiro atoms. The van der Waals surface area contributed by atoms with E-state index in [0.29, 0.717) is 6.23 Å². The molecule has 1 rings (SSSR count). The first-order valence-electron chi connectivity index (χ1n) is 6.72. The molecule has 2 atom stereocenters. The van der Waals surface area contributed by atoms with Crippen LogP contribution in [0, 0.1) is 5.92 Å². The second kappa shape index (κ2) is 8.04. The SMILES string of the molecule is CC[C@H](OCCC[C@H]1CCCNC1)N(C)C. The number of ether oxygens (including phenoxy) is 1. The van der Waals surface area contributed by atoms with E-state index in [9.17, 15) is 0 Å². The first-order valence-corrected chi connectivity index (χ1v) is 6.72. The molecular formula is C13H28N2O. The number of nitrogens with zero attached hydrogens (tertiary/aromatic N) is 1. The van der Waals surface area contributed by atoms with Gasteiger partial charge < -0.3 is 10.1 Å². The van der Waals surface area contributed by atoms with Crippen LogP contribution in [-0.4, -0.2) is 44.9 Å². The van der Waals surface area contributed by atoms with Crippen LogP contribution in [0.15, 0.2) is 0 Å². The maximum Gasteiger partial charge on any atom is 0.109 e. The van der Waals surface area contributed by atoms with Crippen LogP contribution in [0.2, 0.25) is 0 Å². The molecular weight excluding hydrogens is 200 g/mol. The van der Waals surface area contributed by atoms with Gasteiger partial charge in [0.2, 0.25) is 0 Å². The summed E-state index contributed by atoms with van der Waals surface area (Å²) >= 11 is 0. The van der Waals surface area contributed by atoms with Crippen LogP contribution in [0.1, 0.15) is 39.0 Å². The predicted octanol–water partition coefficient (Wildman–Crippen LogP) is 2.08. The van der Waals surface area contributed by atoms with Gasteiger partial charge in [-0.15, -0.1) is 0 Å². The zero-order chi connectivity index (χ0) is 11.8. The van der Waals surface area contributed by atoms with E-state index in [1.165, 1.54) is 38.8 Å². The van der Waals surface area contributed by atoms with Crippen molar-refractivity contribution in [2.75, 3.05) is 33.8 Å². The fraction of sp³-hybridized carbons (Fsp3) is 1.00. The Kier molecular flexibility index (Phi) is 7.01. The highest BCUT2D eigenvalue weighted by Crippen LogP contribution is 2.16. The monoisotopic (exact) mass is 228 g/mol. The predicted molar refractivity (Wildman–Crippen MR) is 68.5 cm³/mol. The van der Waals surface area contributed by atoms with Crippen molar-refractivity contribution in [2.45, 2.75) is 45.3 Å². The average molecular weight is 228 g/mol. The fourth-order valence-corrected chi connectivity index (χ4v) is 2.39. The molecule has 0 aromatic rings. The van der Waals surface area contributed by atoms with Crippen molar-refractivity contribution in [3.05, 3.63) is 0 Å². The summed E-state index contributed by atoms with van der Waals surface area (Å²) in [4.78, 5) is 2.15. The highest BCUT2D eigenvalue weighted by molar-refractivity contribution is 4.68. The van der Waals surface area contributed by atoms with Gasteiger partial charge in [0, 0.05) is 6.61 Å². The Bertz CT molecular complexity index is 167. The standard InChI is InChI=1S/C13H28N2O/c1-4-13(15(2)3)16-10-6-8-12-7-5-9-14-11-12/h12-14H,4-11H2,1-3H3/t12-,13+/m1/s1. The Morgan fingerprint density at radius 2 is 2.25 bits per heavy atom. The molecule has 3 heteroatoms. The van der Waals surface area contributed by atoms with E-state index in [0.717, 1.165) is 18.9 Å². The van der Waals surface area contributed by atoms with Crippen molar-refractivity contribution in [3.8, 4) is 0 Å². The van der Waals surface area contributed by atoms with Crippen molar-refractivity contribution >= 4 is 0 Å². The van der Waals surface area contributed by atoms with Crippen molar-refractivity contribution in [1.82, 2.24) is 10.2 Å². The molecule has 96 valence electrons. The van der Waals surface area contributed by atoms with Crippen LogP contribution in [-0.2, 0) is 4.74 Å². The molecule has 0 radical (unpaired) electrons. The van der Waals surface area contributed by atoms with Gasteiger partial charge >= 0.3 is 0 Å². The van der Waals surface area contributed by atoms with Gasteiger partial charge in [-0.1, -0.05) is 6.92 Å². The van der Waals surface area contributed by atoms with Gasteiger partial charge in [-0.3, -0.25) is 4.90 Å². The summed E-state index contributed by atoms with van der Waals surface area (Å²) in [5.74, 6) is 0.886. The third-order valence-corrected chi connectivity index (χ3v) is 3.39. The Morgan fingerprint density at radius 1 is 1.44 bits per heavy atom. The van der Waals surface area contributed by atoms with Crippen LogP contribution in [0.25, 0.3) is 0 Å². The van der Waals surface area contributed by atoms with Gasteiger partial charge in [0.1, 0.15) is 6.23 Å². The van der Waals surface area contributed by atoms with Crippen molar-refractivity contribution in [3.63, 3.8) is 0 Å². The molecule has 1 N–H and O–H groups in total. The summed E-state index contributed by atoms with van der Waals surface area (Å²) in [6, 6.07) is 0. The number of rotatable bonds is 7. The molecule has 0 aliphatic carbocycles. The summed E-state index contributed by atoms with van der Waals surface area (Å²) < 4.78 is 5.85. The van der Waals surface area contributed by atoms with E-state index < -0.39 is 0 Å². The lowest BCUT2D eigenvalue weighted by molar-refractivity contribution is -0.0400. The minimum absolute atomic E-state index is 0.296. The lowest BCUT2D eigenvalue weighted by Gasteiger charge is -2.25. The number of hydrogen-bond donors (Lipinski definition) is 1. The van der Waals surface area contributed by atoms with E-state index in [4.69, 9.17) is 4.74 Å². The molecule has 0 aromatic carbocycles. The Morgan fingerprint density at radius 3 is 2.81 bits per heavy atom. The molecule has 0 amide bonds. The van der Waals surface area contributed by atoms with Crippen molar-refractivity contribution in [2.24, 2.45) is 5.92 Å². The maximum absolute atomic E-state index is 5.85. The highest BCUT2D eigenvalue weighted by atomic mass is 16.5. The van der Waals surface area contributed by atoms with E-state index in [-0.39, 0.29) is 0 Å². The zero-order valence-electron chi connectivity index (χ0n) is 11.2. The summed E-state index contributed by atoms with van der Waals surface area (Å²) in [5, 5.41) is 3.46. The van der Waals surface area contributed by atoms with Gasteiger partial charge in [0.25, 0.3) is 0 Å². The van der Waals surface area contributed by atoms with Crippen LogP contribution in [0.5, 0.6) is 0 Å². The quantitative estimate of drug-likeness (QED) is 0.533. The Hall–Kier alpha value is -0.120. The molecule has 0 aromatic heterocycles. The normalized spacial score (nSPS) is 23.6. The summed E-state index contributed by atoms with van der Waals surface area (Å²) in [7, 11) is 4.17. The lowest BCUT2D eigenvalue weighted by Crippen LogP contribution is -2.31. The first kappa shape index (κ1) is 13.9. The van der Waals surface area contributed by atoms with Gasteiger partial charge in [0.05, 0.1) is 0 Å². The molecule has 16 heavy (non-hydrogen) atoms. The van der Waals surface area contributed by atoms with Crippen LogP contribution in [0.3, 0.4) is 0 Å². The average Bonchev–Trinajstić information content (AvgIpc) is 2.30. The summed E-state index contributed by atoms with van der Waals surface area (Å²) in [6.07, 6.45) is 6.63. The minimum atomic E-state index is 0.296. The lowest BCUT2D eigenvalue weighted by atomic mass is 9.95. The van der Waals surface area contributed by atoms with Gasteiger partial charge in [-0.2, -0.15) is 0 Å². The molecule has 0 unspecified atom stereocenters.